The standard InChI is InChI=1S/C9H16ClNO3S/c10-15(12,13)11-5-6-14-8-9(7-11)3-1-2-4-9/h1-8H2. The molecule has 1 aliphatic heterocycles. The average Bonchev–Trinajstić information content (AvgIpc) is 2.45. The van der Waals surface area contributed by atoms with Gasteiger partial charge >= 0.3 is 0 Å². The van der Waals surface area contributed by atoms with Gasteiger partial charge in [-0.15, -0.1) is 0 Å². The molecule has 0 amide bonds. The van der Waals surface area contributed by atoms with Gasteiger partial charge in [-0.25, -0.2) is 0 Å². The monoisotopic (exact) mass is 253 g/mol. The molecule has 1 saturated heterocycles. The predicted molar refractivity (Wildman–Crippen MR) is 58.1 cm³/mol. The Hall–Kier alpha value is 0.160. The van der Waals surface area contributed by atoms with Crippen LogP contribution < -0.4 is 0 Å². The topological polar surface area (TPSA) is 46.6 Å². The quantitative estimate of drug-likeness (QED) is 0.663. The minimum absolute atomic E-state index is 0.0263. The Balaban J connectivity index is 2.15. The summed E-state index contributed by atoms with van der Waals surface area (Å²) < 4.78 is 29.5. The van der Waals surface area contributed by atoms with Crippen LogP contribution in [0.1, 0.15) is 25.7 Å². The minimum Gasteiger partial charge on any atom is -0.379 e. The molecule has 2 fully saturated rings. The molecule has 0 bridgehead atoms. The summed E-state index contributed by atoms with van der Waals surface area (Å²) in [6.07, 6.45) is 4.44. The third-order valence-electron chi connectivity index (χ3n) is 3.38. The molecule has 88 valence electrons. The maximum absolute atomic E-state index is 11.3. The van der Waals surface area contributed by atoms with E-state index in [2.05, 4.69) is 0 Å². The van der Waals surface area contributed by atoms with Gasteiger partial charge in [0.1, 0.15) is 0 Å². The molecule has 1 spiro atoms. The van der Waals surface area contributed by atoms with Gasteiger partial charge in [-0.2, -0.15) is 12.7 Å². The van der Waals surface area contributed by atoms with Crippen LogP contribution >= 0.6 is 10.7 Å². The van der Waals surface area contributed by atoms with Gasteiger partial charge in [0.05, 0.1) is 13.2 Å². The average molecular weight is 254 g/mol. The lowest BCUT2D eigenvalue weighted by atomic mass is 9.87. The van der Waals surface area contributed by atoms with E-state index in [1.165, 1.54) is 17.1 Å². The molecular formula is C9H16ClNO3S. The molecule has 4 nitrogen and oxygen atoms in total. The summed E-state index contributed by atoms with van der Waals surface area (Å²) in [6.45, 7) is 2.04. The lowest BCUT2D eigenvalue weighted by molar-refractivity contribution is 0.0724. The maximum atomic E-state index is 11.3. The first-order chi connectivity index (χ1) is 7.02. The summed E-state index contributed by atoms with van der Waals surface area (Å²) in [7, 11) is 1.80. The van der Waals surface area contributed by atoms with Crippen LogP contribution in [0.5, 0.6) is 0 Å². The normalized spacial score (nSPS) is 28.1. The van der Waals surface area contributed by atoms with E-state index in [1.807, 2.05) is 0 Å². The number of ether oxygens (including phenoxy) is 1. The number of hydrogen-bond donors (Lipinski definition) is 0. The van der Waals surface area contributed by atoms with Crippen LogP contribution in [0, 0.1) is 5.41 Å². The molecule has 6 heteroatoms. The van der Waals surface area contributed by atoms with Crippen LogP contribution in [-0.2, 0) is 14.0 Å². The Labute approximate surface area is 95.1 Å². The second kappa shape index (κ2) is 4.20. The molecule has 0 aromatic carbocycles. The number of halogens is 1. The lowest BCUT2D eigenvalue weighted by Crippen LogP contribution is -2.38. The Bertz CT molecular complexity index is 324. The number of nitrogens with zero attached hydrogens (tertiary/aromatic N) is 1. The van der Waals surface area contributed by atoms with Gasteiger partial charge < -0.3 is 4.74 Å². The predicted octanol–water partition coefficient (Wildman–Crippen LogP) is 1.36. The number of rotatable bonds is 1. The Morgan fingerprint density at radius 2 is 1.93 bits per heavy atom. The van der Waals surface area contributed by atoms with Gasteiger partial charge in [-0.3, -0.25) is 0 Å². The molecule has 0 aromatic rings. The molecule has 2 aliphatic rings. The first kappa shape index (κ1) is 11.6. The van der Waals surface area contributed by atoms with E-state index in [-0.39, 0.29) is 5.41 Å². The van der Waals surface area contributed by atoms with E-state index in [4.69, 9.17) is 15.4 Å². The summed E-state index contributed by atoms with van der Waals surface area (Å²) in [5.74, 6) is 0. The fraction of sp³-hybridized carbons (Fsp3) is 1.00. The first-order valence-electron chi connectivity index (χ1n) is 5.29. The van der Waals surface area contributed by atoms with Crippen molar-refractivity contribution >= 4 is 19.9 Å². The van der Waals surface area contributed by atoms with Crippen LogP contribution in [0.4, 0.5) is 0 Å². The van der Waals surface area contributed by atoms with Crippen molar-refractivity contribution in [1.82, 2.24) is 4.31 Å². The van der Waals surface area contributed by atoms with Gasteiger partial charge in [0, 0.05) is 29.2 Å². The van der Waals surface area contributed by atoms with Crippen molar-refractivity contribution in [1.29, 1.82) is 0 Å². The van der Waals surface area contributed by atoms with Crippen molar-refractivity contribution < 1.29 is 13.2 Å². The zero-order valence-electron chi connectivity index (χ0n) is 8.62. The van der Waals surface area contributed by atoms with Crippen molar-refractivity contribution in [3.8, 4) is 0 Å². The summed E-state index contributed by atoms with van der Waals surface area (Å²) in [5.41, 5.74) is 0.0263. The number of hydrogen-bond acceptors (Lipinski definition) is 3. The van der Waals surface area contributed by atoms with Crippen LogP contribution in [0.15, 0.2) is 0 Å². The van der Waals surface area contributed by atoms with Crippen molar-refractivity contribution in [2.24, 2.45) is 5.41 Å². The highest BCUT2D eigenvalue weighted by atomic mass is 35.7. The van der Waals surface area contributed by atoms with E-state index < -0.39 is 9.24 Å². The molecule has 0 aromatic heterocycles. The molecule has 0 N–H and O–H groups in total. The molecule has 0 unspecified atom stereocenters. The van der Waals surface area contributed by atoms with E-state index >= 15 is 0 Å². The molecule has 2 rings (SSSR count). The zero-order chi connectivity index (χ0) is 10.9. The highest BCUT2D eigenvalue weighted by molar-refractivity contribution is 8.11. The maximum Gasteiger partial charge on any atom is 0.299 e. The largest absolute Gasteiger partial charge is 0.379 e. The van der Waals surface area contributed by atoms with Crippen molar-refractivity contribution in [2.75, 3.05) is 26.3 Å². The Morgan fingerprint density at radius 1 is 1.27 bits per heavy atom. The van der Waals surface area contributed by atoms with Crippen molar-refractivity contribution in [3.63, 3.8) is 0 Å². The van der Waals surface area contributed by atoms with Gasteiger partial charge in [-0.05, 0) is 12.8 Å². The third-order valence-corrected chi connectivity index (χ3v) is 4.89. The third kappa shape index (κ3) is 2.64. The smallest absolute Gasteiger partial charge is 0.299 e. The zero-order valence-corrected chi connectivity index (χ0v) is 10.2. The molecular weight excluding hydrogens is 238 g/mol. The van der Waals surface area contributed by atoms with E-state index in [1.54, 1.807) is 0 Å². The van der Waals surface area contributed by atoms with Crippen LogP contribution in [-0.4, -0.2) is 39.0 Å². The SMILES string of the molecule is O=S(=O)(Cl)N1CCOCC2(CCCC2)C1. The van der Waals surface area contributed by atoms with E-state index in [0.29, 0.717) is 26.3 Å². The van der Waals surface area contributed by atoms with Gasteiger partial charge in [0.2, 0.25) is 0 Å². The summed E-state index contributed by atoms with van der Waals surface area (Å²) in [4.78, 5) is 0. The van der Waals surface area contributed by atoms with E-state index in [9.17, 15) is 8.42 Å². The molecule has 1 heterocycles. The molecule has 15 heavy (non-hydrogen) atoms. The van der Waals surface area contributed by atoms with Gasteiger partial charge in [-0.1, -0.05) is 12.8 Å². The Morgan fingerprint density at radius 3 is 2.53 bits per heavy atom. The summed E-state index contributed by atoms with van der Waals surface area (Å²) >= 11 is 0. The van der Waals surface area contributed by atoms with E-state index in [0.717, 1.165) is 12.8 Å². The summed E-state index contributed by atoms with van der Waals surface area (Å²) in [6, 6.07) is 0. The molecule has 0 atom stereocenters. The highest BCUT2D eigenvalue weighted by Crippen LogP contribution is 2.40. The minimum atomic E-state index is -3.59. The van der Waals surface area contributed by atoms with Crippen molar-refractivity contribution in [2.45, 2.75) is 25.7 Å². The fourth-order valence-corrected chi connectivity index (χ4v) is 3.64. The molecule has 1 aliphatic carbocycles. The second-order valence-corrected chi connectivity index (χ2v) is 7.05. The Kier molecular flexibility index (Phi) is 3.26. The van der Waals surface area contributed by atoms with Crippen LogP contribution in [0.3, 0.4) is 0 Å². The lowest BCUT2D eigenvalue weighted by Gasteiger charge is -2.29. The second-order valence-electron chi connectivity index (χ2n) is 4.54. The highest BCUT2D eigenvalue weighted by Gasteiger charge is 2.40. The fourth-order valence-electron chi connectivity index (χ4n) is 2.57. The first-order valence-corrected chi connectivity index (χ1v) is 7.56. The van der Waals surface area contributed by atoms with Crippen LogP contribution in [0.25, 0.3) is 0 Å². The van der Waals surface area contributed by atoms with Crippen molar-refractivity contribution in [3.05, 3.63) is 0 Å². The van der Waals surface area contributed by atoms with Gasteiger partial charge in [0.15, 0.2) is 0 Å². The summed E-state index contributed by atoms with van der Waals surface area (Å²) in [5, 5.41) is 0. The molecule has 0 radical (unpaired) electrons. The molecule has 1 saturated carbocycles. The van der Waals surface area contributed by atoms with Gasteiger partial charge in [0.25, 0.3) is 9.24 Å². The van der Waals surface area contributed by atoms with Crippen LogP contribution in [0.2, 0.25) is 0 Å².